The smallest absolute Gasteiger partial charge is 0.243 e. The van der Waals surface area contributed by atoms with Crippen LogP contribution in [0.4, 0.5) is 0 Å². The van der Waals surface area contributed by atoms with Crippen molar-refractivity contribution >= 4 is 15.9 Å². The number of benzene rings is 1. The first-order chi connectivity index (χ1) is 9.55. The number of nitrogens with zero attached hydrogens (tertiary/aromatic N) is 2. The Hall–Kier alpha value is -1.40. The Kier molecular flexibility index (Phi) is 3.88. The Morgan fingerprint density at radius 3 is 2.14 bits per heavy atom. The van der Waals surface area contributed by atoms with E-state index in [0.717, 1.165) is 5.56 Å². The van der Waals surface area contributed by atoms with Gasteiger partial charge in [-0.05, 0) is 23.1 Å². The van der Waals surface area contributed by atoms with Gasteiger partial charge in [0.05, 0.1) is 4.90 Å². The van der Waals surface area contributed by atoms with Crippen molar-refractivity contribution < 1.29 is 13.2 Å². The molecule has 0 N–H and O–H groups in total. The predicted molar refractivity (Wildman–Crippen MR) is 81.5 cm³/mol. The minimum Gasteiger partial charge on any atom is -0.347 e. The molecule has 1 aliphatic rings. The topological polar surface area (TPSA) is 57.5 Å². The van der Waals surface area contributed by atoms with Crippen molar-refractivity contribution in [1.82, 2.24) is 9.21 Å². The maximum absolute atomic E-state index is 12.4. The molecule has 1 fully saturated rings. The molecule has 21 heavy (non-hydrogen) atoms. The molecule has 116 valence electrons. The molecule has 0 aliphatic carbocycles. The summed E-state index contributed by atoms with van der Waals surface area (Å²) in [5, 5.41) is 0. The fourth-order valence-corrected chi connectivity index (χ4v) is 3.66. The van der Waals surface area contributed by atoms with Crippen molar-refractivity contribution in [3.63, 3.8) is 0 Å². The van der Waals surface area contributed by atoms with Gasteiger partial charge in [0.25, 0.3) is 0 Å². The molecule has 0 aromatic heterocycles. The lowest BCUT2D eigenvalue weighted by atomic mass is 9.87. The second kappa shape index (κ2) is 5.10. The number of rotatable bonds is 3. The van der Waals surface area contributed by atoms with Crippen molar-refractivity contribution in [3.05, 3.63) is 29.8 Å². The summed E-state index contributed by atoms with van der Waals surface area (Å²) >= 11 is 0. The largest absolute Gasteiger partial charge is 0.347 e. The summed E-state index contributed by atoms with van der Waals surface area (Å²) in [5.74, 6) is -0.176. The number of carbonyl (C=O) groups excluding carboxylic acids is 1. The van der Waals surface area contributed by atoms with Crippen LogP contribution in [0.2, 0.25) is 0 Å². The van der Waals surface area contributed by atoms with Crippen LogP contribution < -0.4 is 0 Å². The SMILES string of the molecule is CN(C)C(=O)C1CN1S(=O)(=O)c1ccc(C(C)(C)C)cc1. The van der Waals surface area contributed by atoms with Crippen LogP contribution >= 0.6 is 0 Å². The zero-order valence-electron chi connectivity index (χ0n) is 13.1. The molecule has 1 amide bonds. The Bertz CT molecular complexity index is 642. The monoisotopic (exact) mass is 310 g/mol. The minimum atomic E-state index is -3.57. The summed E-state index contributed by atoms with van der Waals surface area (Å²) in [5.41, 5.74) is 1.05. The number of sulfonamides is 1. The van der Waals surface area contributed by atoms with Crippen molar-refractivity contribution in [3.8, 4) is 0 Å². The first kappa shape index (κ1) is 16.0. The molecule has 0 radical (unpaired) electrons. The molecule has 1 saturated heterocycles. The van der Waals surface area contributed by atoms with E-state index < -0.39 is 16.1 Å². The zero-order chi connectivity index (χ0) is 16.0. The lowest BCUT2D eigenvalue weighted by Crippen LogP contribution is -2.30. The van der Waals surface area contributed by atoms with E-state index in [4.69, 9.17) is 0 Å². The Morgan fingerprint density at radius 1 is 1.19 bits per heavy atom. The van der Waals surface area contributed by atoms with Crippen LogP contribution in [-0.2, 0) is 20.2 Å². The molecule has 0 bridgehead atoms. The first-order valence-electron chi connectivity index (χ1n) is 6.88. The van der Waals surface area contributed by atoms with Crippen LogP contribution in [0.25, 0.3) is 0 Å². The average Bonchev–Trinajstić information content (AvgIpc) is 3.17. The fourth-order valence-electron chi connectivity index (χ4n) is 2.15. The van der Waals surface area contributed by atoms with Crippen molar-refractivity contribution in [2.45, 2.75) is 37.1 Å². The summed E-state index contributed by atoms with van der Waals surface area (Å²) in [7, 11) is -0.313. The van der Waals surface area contributed by atoms with Gasteiger partial charge < -0.3 is 4.90 Å². The maximum Gasteiger partial charge on any atom is 0.243 e. The molecular formula is C15H22N2O3S. The van der Waals surface area contributed by atoms with Gasteiger partial charge in [-0.1, -0.05) is 32.9 Å². The number of likely N-dealkylation sites (N-methyl/N-ethyl adjacent to an activating group) is 1. The Balaban J connectivity index is 2.21. The summed E-state index contributed by atoms with van der Waals surface area (Å²) in [6.07, 6.45) is 0. The Morgan fingerprint density at radius 2 is 1.71 bits per heavy atom. The molecular weight excluding hydrogens is 288 g/mol. The van der Waals surface area contributed by atoms with E-state index in [1.165, 1.54) is 9.21 Å². The predicted octanol–water partition coefficient (Wildman–Crippen LogP) is 1.45. The molecule has 6 heteroatoms. The number of amides is 1. The summed E-state index contributed by atoms with van der Waals surface area (Å²) in [6.45, 7) is 6.49. The molecule has 1 heterocycles. The van der Waals surface area contributed by atoms with Crippen LogP contribution in [0.1, 0.15) is 26.3 Å². The van der Waals surface area contributed by atoms with Gasteiger partial charge in [-0.2, -0.15) is 4.31 Å². The quantitative estimate of drug-likeness (QED) is 0.794. The summed E-state index contributed by atoms with van der Waals surface area (Å²) in [4.78, 5) is 13.5. The van der Waals surface area contributed by atoms with Crippen LogP contribution in [-0.4, -0.2) is 50.2 Å². The lowest BCUT2D eigenvalue weighted by Gasteiger charge is -2.19. The molecule has 1 aromatic rings. The number of carbonyl (C=O) groups is 1. The van der Waals surface area contributed by atoms with Crippen LogP contribution in [0.15, 0.2) is 29.2 Å². The van der Waals surface area contributed by atoms with Crippen molar-refractivity contribution in [2.24, 2.45) is 0 Å². The molecule has 1 aliphatic heterocycles. The van der Waals surface area contributed by atoms with E-state index in [0.29, 0.717) is 0 Å². The summed E-state index contributed by atoms with van der Waals surface area (Å²) in [6, 6.07) is 6.35. The highest BCUT2D eigenvalue weighted by atomic mass is 32.2. The molecule has 2 unspecified atom stereocenters. The maximum atomic E-state index is 12.4. The molecule has 0 spiro atoms. The van der Waals surface area contributed by atoms with E-state index in [1.54, 1.807) is 26.2 Å². The van der Waals surface area contributed by atoms with Gasteiger partial charge in [-0.15, -0.1) is 0 Å². The van der Waals surface area contributed by atoms with Crippen molar-refractivity contribution in [1.29, 1.82) is 0 Å². The van der Waals surface area contributed by atoms with E-state index in [2.05, 4.69) is 20.8 Å². The second-order valence-corrected chi connectivity index (χ2v) is 8.49. The number of hydrogen-bond donors (Lipinski definition) is 0. The molecule has 2 rings (SSSR count). The lowest BCUT2D eigenvalue weighted by molar-refractivity contribution is -0.128. The highest BCUT2D eigenvalue weighted by molar-refractivity contribution is 7.89. The van der Waals surface area contributed by atoms with E-state index in [1.807, 2.05) is 12.1 Å². The van der Waals surface area contributed by atoms with Crippen LogP contribution in [0.5, 0.6) is 0 Å². The van der Waals surface area contributed by atoms with Crippen LogP contribution in [0, 0.1) is 0 Å². The Labute approximate surface area is 126 Å². The average molecular weight is 310 g/mol. The van der Waals surface area contributed by atoms with Crippen molar-refractivity contribution in [2.75, 3.05) is 20.6 Å². The minimum absolute atomic E-state index is 0.0222. The fraction of sp³-hybridized carbons (Fsp3) is 0.533. The molecule has 5 nitrogen and oxygen atoms in total. The van der Waals surface area contributed by atoms with Gasteiger partial charge in [0.1, 0.15) is 6.04 Å². The highest BCUT2D eigenvalue weighted by Crippen LogP contribution is 2.30. The highest BCUT2D eigenvalue weighted by Gasteiger charge is 2.49. The number of hydrogen-bond acceptors (Lipinski definition) is 3. The van der Waals surface area contributed by atoms with Crippen LogP contribution in [0.3, 0.4) is 0 Å². The normalized spacial score (nSPS) is 22.0. The third-order valence-corrected chi connectivity index (χ3v) is 5.51. The van der Waals surface area contributed by atoms with Gasteiger partial charge >= 0.3 is 0 Å². The third-order valence-electron chi connectivity index (χ3n) is 3.62. The van der Waals surface area contributed by atoms with Gasteiger partial charge in [0, 0.05) is 20.6 Å². The molecule has 1 aromatic carbocycles. The second-order valence-electron chi connectivity index (χ2n) is 6.60. The molecule has 0 saturated carbocycles. The summed E-state index contributed by atoms with van der Waals surface area (Å²) < 4.78 is 26.1. The standard InChI is InChI=1S/C15H22N2O3S/c1-15(2,3)11-6-8-12(9-7-11)21(19,20)17-10-13(17)14(18)16(4)5/h6-9,13H,10H2,1-5H3. The van der Waals surface area contributed by atoms with Gasteiger partial charge in [-0.25, -0.2) is 8.42 Å². The molecule has 2 atom stereocenters. The third kappa shape index (κ3) is 3.11. The van der Waals surface area contributed by atoms with Gasteiger partial charge in [0.15, 0.2) is 0 Å². The van der Waals surface area contributed by atoms with E-state index in [9.17, 15) is 13.2 Å². The zero-order valence-corrected chi connectivity index (χ0v) is 13.9. The van der Waals surface area contributed by atoms with Gasteiger partial charge in [0.2, 0.25) is 15.9 Å². The van der Waals surface area contributed by atoms with E-state index in [-0.39, 0.29) is 22.8 Å². The first-order valence-corrected chi connectivity index (χ1v) is 8.32. The van der Waals surface area contributed by atoms with E-state index >= 15 is 0 Å². The van der Waals surface area contributed by atoms with Gasteiger partial charge in [-0.3, -0.25) is 4.79 Å².